The molecule has 0 fully saturated rings. The molecule has 5 nitrogen and oxygen atoms in total. The van der Waals surface area contributed by atoms with Gasteiger partial charge in [-0.1, -0.05) is 36.4 Å². The number of phenols is 1. The molecule has 2 rings (SSSR count). The van der Waals surface area contributed by atoms with E-state index in [0.29, 0.717) is 6.54 Å². The number of hydrogen-bond donors (Lipinski definition) is 3. The van der Waals surface area contributed by atoms with Crippen molar-refractivity contribution in [3.63, 3.8) is 0 Å². The number of aromatic hydroxyl groups is 1. The number of hydrogen-bond acceptors (Lipinski definition) is 4. The molecule has 0 aliphatic carbocycles. The molecule has 106 valence electrons. The van der Waals surface area contributed by atoms with Crippen LogP contribution in [0.15, 0.2) is 36.4 Å². The lowest BCUT2D eigenvalue weighted by Gasteiger charge is -2.16. The lowest BCUT2D eigenvalue weighted by Crippen LogP contribution is -2.26. The Morgan fingerprint density at radius 3 is 2.85 bits per heavy atom. The van der Waals surface area contributed by atoms with Gasteiger partial charge in [0.25, 0.3) is 0 Å². The Bertz CT molecular complexity index is 613. The zero-order valence-corrected chi connectivity index (χ0v) is 11.3. The maximum absolute atomic E-state index is 10.4. The van der Waals surface area contributed by atoms with Gasteiger partial charge in [0.1, 0.15) is 12.4 Å². The Morgan fingerprint density at radius 1 is 1.35 bits per heavy atom. The minimum absolute atomic E-state index is 0.0592. The number of amides is 1. The molecule has 0 aliphatic heterocycles. The smallest absolute Gasteiger partial charge is 0.404 e. The molecule has 4 N–H and O–H groups in total. The van der Waals surface area contributed by atoms with Gasteiger partial charge < -0.3 is 20.9 Å². The van der Waals surface area contributed by atoms with E-state index >= 15 is 0 Å². The van der Waals surface area contributed by atoms with Gasteiger partial charge in [-0.25, -0.2) is 4.79 Å². The van der Waals surface area contributed by atoms with Crippen molar-refractivity contribution < 1.29 is 14.6 Å². The molecule has 0 heterocycles. The van der Waals surface area contributed by atoms with Crippen LogP contribution >= 0.6 is 0 Å². The first-order valence-electron chi connectivity index (χ1n) is 6.46. The van der Waals surface area contributed by atoms with Gasteiger partial charge in [-0.15, -0.1) is 0 Å². The molecule has 1 atom stereocenters. The molecule has 2 aromatic rings. The number of phenolic OH excluding ortho intramolecular Hbond substituents is 1. The predicted octanol–water partition coefficient (Wildman–Crippen LogP) is 2.29. The highest BCUT2D eigenvalue weighted by atomic mass is 16.5. The van der Waals surface area contributed by atoms with E-state index in [1.165, 1.54) is 0 Å². The van der Waals surface area contributed by atoms with Crippen LogP contribution in [0.25, 0.3) is 10.8 Å². The van der Waals surface area contributed by atoms with Crippen molar-refractivity contribution in [2.75, 3.05) is 13.2 Å². The lowest BCUT2D eigenvalue weighted by molar-refractivity contribution is 0.156. The Kier molecular flexibility index (Phi) is 4.42. The Balaban J connectivity index is 2.08. The molecule has 2 aromatic carbocycles. The second-order valence-corrected chi connectivity index (χ2v) is 4.57. The molecule has 1 unspecified atom stereocenters. The van der Waals surface area contributed by atoms with Crippen molar-refractivity contribution in [2.24, 2.45) is 5.73 Å². The molecule has 5 heteroatoms. The summed E-state index contributed by atoms with van der Waals surface area (Å²) in [5.74, 6) is 0.277. The number of primary amides is 1. The summed E-state index contributed by atoms with van der Waals surface area (Å²) in [6.45, 7) is 2.61. The van der Waals surface area contributed by atoms with Crippen molar-refractivity contribution in [3.05, 3.63) is 42.0 Å². The van der Waals surface area contributed by atoms with E-state index in [1.54, 1.807) is 0 Å². The molecular weight excluding hydrogens is 256 g/mol. The van der Waals surface area contributed by atoms with Crippen molar-refractivity contribution >= 4 is 16.9 Å². The van der Waals surface area contributed by atoms with Crippen molar-refractivity contribution in [2.45, 2.75) is 13.0 Å². The van der Waals surface area contributed by atoms with Crippen molar-refractivity contribution in [3.8, 4) is 5.75 Å². The Hall–Kier alpha value is -2.27. The average molecular weight is 274 g/mol. The summed E-state index contributed by atoms with van der Waals surface area (Å²) in [5.41, 5.74) is 5.69. The average Bonchev–Trinajstić information content (AvgIpc) is 2.44. The van der Waals surface area contributed by atoms with Gasteiger partial charge in [-0.3, -0.25) is 0 Å². The number of ether oxygens (including phenoxy) is 1. The van der Waals surface area contributed by atoms with E-state index in [2.05, 4.69) is 10.1 Å². The fraction of sp³-hybridized carbons (Fsp3) is 0.267. The highest BCUT2D eigenvalue weighted by Crippen LogP contribution is 2.32. The third-order valence-electron chi connectivity index (χ3n) is 3.20. The van der Waals surface area contributed by atoms with E-state index in [9.17, 15) is 9.90 Å². The zero-order chi connectivity index (χ0) is 14.5. The van der Waals surface area contributed by atoms with E-state index in [1.807, 2.05) is 43.3 Å². The number of fused-ring (bicyclic) bond motifs is 1. The minimum atomic E-state index is -0.784. The molecule has 0 radical (unpaired) electrons. The summed E-state index contributed by atoms with van der Waals surface area (Å²) in [4.78, 5) is 10.4. The Labute approximate surface area is 117 Å². The standard InChI is InChI=1S/C15H18N2O3/c1-10(17-8-9-20-15(16)19)12-7-6-11-4-2-3-5-13(11)14(12)18/h2-7,10,17-18H,8-9H2,1H3,(H2,16,19). The second-order valence-electron chi connectivity index (χ2n) is 4.57. The summed E-state index contributed by atoms with van der Waals surface area (Å²) in [5, 5.41) is 15.3. The van der Waals surface area contributed by atoms with Crippen LogP contribution in [-0.2, 0) is 4.74 Å². The molecule has 0 saturated carbocycles. The van der Waals surface area contributed by atoms with Gasteiger partial charge in [0, 0.05) is 23.5 Å². The second kappa shape index (κ2) is 6.25. The third-order valence-corrected chi connectivity index (χ3v) is 3.20. The predicted molar refractivity (Wildman–Crippen MR) is 77.6 cm³/mol. The zero-order valence-electron chi connectivity index (χ0n) is 11.3. The van der Waals surface area contributed by atoms with Gasteiger partial charge in [0.15, 0.2) is 0 Å². The van der Waals surface area contributed by atoms with Crippen LogP contribution < -0.4 is 11.1 Å². The first-order chi connectivity index (χ1) is 9.59. The lowest BCUT2D eigenvalue weighted by atomic mass is 10.0. The first-order valence-corrected chi connectivity index (χ1v) is 6.46. The number of benzene rings is 2. The topological polar surface area (TPSA) is 84.6 Å². The van der Waals surface area contributed by atoms with Gasteiger partial charge in [-0.05, 0) is 12.3 Å². The number of nitrogens with one attached hydrogen (secondary N) is 1. The fourth-order valence-electron chi connectivity index (χ4n) is 2.16. The molecule has 0 spiro atoms. The Morgan fingerprint density at radius 2 is 2.10 bits per heavy atom. The van der Waals surface area contributed by atoms with Crippen molar-refractivity contribution in [1.82, 2.24) is 5.32 Å². The van der Waals surface area contributed by atoms with Crippen LogP contribution in [0.4, 0.5) is 4.79 Å². The van der Waals surface area contributed by atoms with Crippen LogP contribution in [0.3, 0.4) is 0 Å². The van der Waals surface area contributed by atoms with Crippen LogP contribution in [-0.4, -0.2) is 24.4 Å². The van der Waals surface area contributed by atoms with E-state index in [-0.39, 0.29) is 18.4 Å². The van der Waals surface area contributed by atoms with Crippen LogP contribution in [0.2, 0.25) is 0 Å². The van der Waals surface area contributed by atoms with Crippen LogP contribution in [0.1, 0.15) is 18.5 Å². The summed E-state index contributed by atoms with van der Waals surface area (Å²) in [6, 6.07) is 11.5. The largest absolute Gasteiger partial charge is 0.507 e. The minimum Gasteiger partial charge on any atom is -0.507 e. The first kappa shape index (κ1) is 14.1. The highest BCUT2D eigenvalue weighted by Gasteiger charge is 2.12. The number of rotatable bonds is 5. The molecule has 0 bridgehead atoms. The third kappa shape index (κ3) is 3.19. The van der Waals surface area contributed by atoms with Gasteiger partial charge in [0.2, 0.25) is 0 Å². The summed E-state index contributed by atoms with van der Waals surface area (Å²) in [7, 11) is 0. The van der Waals surface area contributed by atoms with Crippen LogP contribution in [0.5, 0.6) is 5.75 Å². The maximum atomic E-state index is 10.4. The van der Waals surface area contributed by atoms with E-state index in [0.717, 1.165) is 16.3 Å². The quantitative estimate of drug-likeness (QED) is 0.730. The fourth-order valence-corrected chi connectivity index (χ4v) is 2.16. The van der Waals surface area contributed by atoms with Gasteiger partial charge >= 0.3 is 6.09 Å². The summed E-state index contributed by atoms with van der Waals surface area (Å²) < 4.78 is 4.64. The monoisotopic (exact) mass is 274 g/mol. The van der Waals surface area contributed by atoms with Gasteiger partial charge in [-0.2, -0.15) is 0 Å². The summed E-state index contributed by atoms with van der Waals surface area (Å²) in [6.07, 6.45) is -0.784. The number of carbonyl (C=O) groups excluding carboxylic acids is 1. The number of carbonyl (C=O) groups is 1. The number of nitrogens with two attached hydrogens (primary N) is 1. The maximum Gasteiger partial charge on any atom is 0.404 e. The van der Waals surface area contributed by atoms with E-state index in [4.69, 9.17) is 5.73 Å². The molecular formula is C15H18N2O3. The molecule has 1 amide bonds. The van der Waals surface area contributed by atoms with Crippen LogP contribution in [0, 0.1) is 0 Å². The molecule has 20 heavy (non-hydrogen) atoms. The van der Waals surface area contributed by atoms with Crippen molar-refractivity contribution in [1.29, 1.82) is 0 Å². The molecule has 0 aromatic heterocycles. The van der Waals surface area contributed by atoms with E-state index < -0.39 is 6.09 Å². The van der Waals surface area contributed by atoms with Gasteiger partial charge in [0.05, 0.1) is 0 Å². The molecule has 0 aliphatic rings. The summed E-state index contributed by atoms with van der Waals surface area (Å²) >= 11 is 0. The highest BCUT2D eigenvalue weighted by molar-refractivity contribution is 5.89. The SMILES string of the molecule is CC(NCCOC(N)=O)c1ccc2ccccc2c1O. The normalized spacial score (nSPS) is 12.2. The molecule has 0 saturated heterocycles.